The lowest BCUT2D eigenvalue weighted by Crippen LogP contribution is -2.36. The Hall–Kier alpha value is -1.80. The maximum atomic E-state index is 5.90. The van der Waals surface area contributed by atoms with Gasteiger partial charge in [-0.15, -0.1) is 10.2 Å². The predicted molar refractivity (Wildman–Crippen MR) is 95.1 cm³/mol. The molecule has 3 aromatic rings. The van der Waals surface area contributed by atoms with Gasteiger partial charge in [0.1, 0.15) is 5.01 Å². The summed E-state index contributed by atoms with van der Waals surface area (Å²) in [6.45, 7) is 4.13. The average molecular weight is 362 g/mol. The minimum absolute atomic E-state index is 0.735. The number of ether oxygens (including phenoxy) is 1. The molecule has 0 atom stereocenters. The molecule has 0 spiro atoms. The maximum Gasteiger partial charge on any atom is 0.235 e. The van der Waals surface area contributed by atoms with Crippen molar-refractivity contribution in [1.82, 2.24) is 24.7 Å². The normalized spacial score (nSPS) is 16.4. The zero-order chi connectivity index (χ0) is 16.4. The van der Waals surface area contributed by atoms with Crippen LogP contribution >= 0.6 is 22.9 Å². The molecule has 1 aliphatic rings. The summed E-state index contributed by atoms with van der Waals surface area (Å²) in [7, 11) is 0. The van der Waals surface area contributed by atoms with Crippen LogP contribution in [0.25, 0.3) is 17.1 Å². The number of aromatic nitrogens is 4. The monoisotopic (exact) mass is 361 g/mol. The van der Waals surface area contributed by atoms with E-state index < -0.39 is 0 Å². The van der Waals surface area contributed by atoms with Crippen molar-refractivity contribution in [2.75, 3.05) is 26.3 Å². The number of morpholine rings is 1. The van der Waals surface area contributed by atoms with Crippen molar-refractivity contribution in [3.05, 3.63) is 45.7 Å². The van der Waals surface area contributed by atoms with E-state index in [-0.39, 0.29) is 0 Å². The standard InChI is InChI=1S/C16H16ClN5OS/c17-13-4-1-12(2-5-13)3-6-15-20-22-14(18-19-16(22)24-15)11-21-7-9-23-10-8-21/h1-6H,7-11H2. The topological polar surface area (TPSA) is 55.5 Å². The van der Waals surface area contributed by atoms with Crippen LogP contribution in [0.15, 0.2) is 24.3 Å². The van der Waals surface area contributed by atoms with Gasteiger partial charge in [0.2, 0.25) is 4.96 Å². The zero-order valence-corrected chi connectivity index (χ0v) is 14.5. The molecule has 0 N–H and O–H groups in total. The molecule has 8 heteroatoms. The lowest BCUT2D eigenvalue weighted by Gasteiger charge is -2.25. The van der Waals surface area contributed by atoms with Gasteiger partial charge < -0.3 is 4.74 Å². The van der Waals surface area contributed by atoms with Crippen LogP contribution in [0.1, 0.15) is 16.4 Å². The second-order valence-electron chi connectivity index (χ2n) is 5.52. The van der Waals surface area contributed by atoms with Crippen LogP contribution in [0.3, 0.4) is 0 Å². The third-order valence-electron chi connectivity index (χ3n) is 3.83. The van der Waals surface area contributed by atoms with Crippen molar-refractivity contribution in [2.24, 2.45) is 0 Å². The highest BCUT2D eigenvalue weighted by atomic mass is 35.5. The lowest BCUT2D eigenvalue weighted by molar-refractivity contribution is 0.0328. The Morgan fingerprint density at radius 1 is 1.12 bits per heavy atom. The number of fused-ring (bicyclic) bond motifs is 1. The fourth-order valence-electron chi connectivity index (χ4n) is 2.54. The molecule has 0 radical (unpaired) electrons. The highest BCUT2D eigenvalue weighted by molar-refractivity contribution is 7.17. The first-order valence-electron chi connectivity index (χ1n) is 7.73. The summed E-state index contributed by atoms with van der Waals surface area (Å²) in [4.78, 5) is 3.12. The van der Waals surface area contributed by atoms with E-state index >= 15 is 0 Å². The Balaban J connectivity index is 1.51. The van der Waals surface area contributed by atoms with E-state index in [0.717, 1.165) is 59.2 Å². The van der Waals surface area contributed by atoms with Crippen LogP contribution in [0.5, 0.6) is 0 Å². The summed E-state index contributed by atoms with van der Waals surface area (Å²) in [5.74, 6) is 0.870. The van der Waals surface area contributed by atoms with Crippen LogP contribution in [0, 0.1) is 0 Å². The number of rotatable bonds is 4. The van der Waals surface area contributed by atoms with E-state index in [4.69, 9.17) is 16.3 Å². The second-order valence-corrected chi connectivity index (χ2v) is 6.95. The fraction of sp³-hybridized carbons (Fsp3) is 0.312. The number of nitrogens with zero attached hydrogens (tertiary/aromatic N) is 5. The van der Waals surface area contributed by atoms with Crippen LogP contribution in [0.2, 0.25) is 5.02 Å². The highest BCUT2D eigenvalue weighted by Gasteiger charge is 2.16. The average Bonchev–Trinajstić information content (AvgIpc) is 3.17. The van der Waals surface area contributed by atoms with Crippen LogP contribution in [0.4, 0.5) is 0 Å². The van der Waals surface area contributed by atoms with E-state index in [1.165, 1.54) is 11.3 Å². The molecule has 1 saturated heterocycles. The van der Waals surface area contributed by atoms with Gasteiger partial charge in [0.05, 0.1) is 19.8 Å². The quantitative estimate of drug-likeness (QED) is 0.715. The first-order valence-corrected chi connectivity index (χ1v) is 8.92. The van der Waals surface area contributed by atoms with Crippen molar-refractivity contribution in [3.8, 4) is 0 Å². The molecular weight excluding hydrogens is 346 g/mol. The second kappa shape index (κ2) is 6.98. The Bertz CT molecular complexity index is 851. The summed E-state index contributed by atoms with van der Waals surface area (Å²) >= 11 is 7.42. The van der Waals surface area contributed by atoms with Gasteiger partial charge in [-0.2, -0.15) is 9.61 Å². The molecule has 3 heterocycles. The molecular formula is C16H16ClN5OS. The summed E-state index contributed by atoms with van der Waals surface area (Å²) in [6.07, 6.45) is 4.00. The maximum absolute atomic E-state index is 5.90. The van der Waals surface area contributed by atoms with Gasteiger partial charge in [-0.1, -0.05) is 41.1 Å². The van der Waals surface area contributed by atoms with Crippen molar-refractivity contribution in [3.63, 3.8) is 0 Å². The van der Waals surface area contributed by atoms with E-state index in [1.807, 2.05) is 40.9 Å². The van der Waals surface area contributed by atoms with Crippen molar-refractivity contribution < 1.29 is 4.74 Å². The highest BCUT2D eigenvalue weighted by Crippen LogP contribution is 2.18. The summed E-state index contributed by atoms with van der Waals surface area (Å²) in [5.41, 5.74) is 1.08. The van der Waals surface area contributed by atoms with Crippen LogP contribution in [-0.4, -0.2) is 51.0 Å². The molecule has 0 unspecified atom stereocenters. The molecule has 124 valence electrons. The summed E-state index contributed by atoms with van der Waals surface area (Å²) in [5, 5.41) is 14.7. The van der Waals surface area contributed by atoms with E-state index in [2.05, 4.69) is 20.2 Å². The smallest absolute Gasteiger partial charge is 0.235 e. The molecule has 4 rings (SSSR count). The third kappa shape index (κ3) is 3.49. The van der Waals surface area contributed by atoms with Gasteiger partial charge in [-0.25, -0.2) is 0 Å². The minimum Gasteiger partial charge on any atom is -0.379 e. The minimum atomic E-state index is 0.735. The Morgan fingerprint density at radius 3 is 2.71 bits per heavy atom. The molecule has 0 aliphatic carbocycles. The van der Waals surface area contributed by atoms with E-state index in [0.29, 0.717) is 0 Å². The molecule has 6 nitrogen and oxygen atoms in total. The van der Waals surface area contributed by atoms with Gasteiger partial charge in [0.25, 0.3) is 0 Å². The van der Waals surface area contributed by atoms with Gasteiger partial charge in [-0.3, -0.25) is 4.90 Å². The number of halogens is 1. The molecule has 2 aromatic heterocycles. The van der Waals surface area contributed by atoms with Gasteiger partial charge in [-0.05, 0) is 23.8 Å². The van der Waals surface area contributed by atoms with E-state index in [1.54, 1.807) is 0 Å². The Morgan fingerprint density at radius 2 is 1.92 bits per heavy atom. The number of hydrogen-bond donors (Lipinski definition) is 0. The van der Waals surface area contributed by atoms with Crippen molar-refractivity contribution >= 4 is 40.1 Å². The largest absolute Gasteiger partial charge is 0.379 e. The molecule has 24 heavy (non-hydrogen) atoms. The zero-order valence-electron chi connectivity index (χ0n) is 12.9. The number of benzene rings is 1. The SMILES string of the molecule is Clc1ccc(C=Cc2nn3c(CN4CCOCC4)nnc3s2)cc1. The predicted octanol–water partition coefficient (Wildman–Crippen LogP) is 2.84. The Kier molecular flexibility index (Phi) is 4.57. The van der Waals surface area contributed by atoms with Crippen LogP contribution in [-0.2, 0) is 11.3 Å². The molecule has 0 saturated carbocycles. The molecule has 1 aromatic carbocycles. The number of hydrogen-bond acceptors (Lipinski definition) is 6. The molecule has 1 aliphatic heterocycles. The third-order valence-corrected chi connectivity index (χ3v) is 4.94. The van der Waals surface area contributed by atoms with Gasteiger partial charge in [0.15, 0.2) is 5.82 Å². The first kappa shape index (κ1) is 15.7. The van der Waals surface area contributed by atoms with Crippen molar-refractivity contribution in [1.29, 1.82) is 0 Å². The summed E-state index contributed by atoms with van der Waals surface area (Å²) < 4.78 is 7.21. The fourth-order valence-corrected chi connectivity index (χ4v) is 3.42. The molecule has 0 bridgehead atoms. The summed E-state index contributed by atoms with van der Waals surface area (Å²) in [6, 6.07) is 7.70. The lowest BCUT2D eigenvalue weighted by atomic mass is 10.2. The van der Waals surface area contributed by atoms with Crippen LogP contribution < -0.4 is 0 Å². The first-order chi connectivity index (χ1) is 11.8. The van der Waals surface area contributed by atoms with Gasteiger partial charge in [0, 0.05) is 18.1 Å². The molecule has 1 fully saturated rings. The van der Waals surface area contributed by atoms with Gasteiger partial charge >= 0.3 is 0 Å². The van der Waals surface area contributed by atoms with E-state index in [9.17, 15) is 0 Å². The Labute approximate surface area is 148 Å². The molecule has 0 amide bonds. The van der Waals surface area contributed by atoms with Crippen molar-refractivity contribution in [2.45, 2.75) is 6.54 Å².